The van der Waals surface area contributed by atoms with Crippen LogP contribution >= 0.6 is 0 Å². The molecule has 0 spiro atoms. The van der Waals surface area contributed by atoms with Crippen LogP contribution in [0, 0.1) is 0 Å². The van der Waals surface area contributed by atoms with E-state index in [4.69, 9.17) is 0 Å². The van der Waals surface area contributed by atoms with Crippen molar-refractivity contribution in [3.63, 3.8) is 0 Å². The van der Waals surface area contributed by atoms with Crippen molar-refractivity contribution in [2.24, 2.45) is 0 Å². The topological polar surface area (TPSA) is 17.8 Å². The number of hydrogen-bond acceptors (Lipinski definition) is 1. The van der Waals surface area contributed by atoms with Crippen molar-refractivity contribution in [3.8, 4) is 61.3 Å². The number of fused-ring (bicyclic) bond motifs is 3. The third-order valence-corrected chi connectivity index (χ3v) is 9.46. The Bertz CT molecular complexity index is 2400. The van der Waals surface area contributed by atoms with Gasteiger partial charge in [0.2, 0.25) is 0 Å². The second kappa shape index (κ2) is 12.3. The molecule has 7 aromatic carbocycles. The Morgan fingerprint density at radius 2 is 0.735 bits per heavy atom. The van der Waals surface area contributed by atoms with E-state index < -0.39 is 0 Å². The van der Waals surface area contributed by atoms with Crippen LogP contribution in [0.25, 0.3) is 83.1 Å². The minimum absolute atomic E-state index is 1.10. The van der Waals surface area contributed by atoms with Crippen LogP contribution in [-0.4, -0.2) is 9.55 Å². The molecule has 0 bridgehead atoms. The first-order valence-corrected chi connectivity index (χ1v) is 16.7. The highest BCUT2D eigenvalue weighted by Crippen LogP contribution is 2.46. The molecule has 0 aliphatic rings. The molecule has 0 aliphatic carbocycles. The Labute approximate surface area is 286 Å². The number of hydrogen-bond donors (Lipinski definition) is 0. The monoisotopic (exact) mass is 624 g/mol. The summed E-state index contributed by atoms with van der Waals surface area (Å²) < 4.78 is 2.49. The van der Waals surface area contributed by atoms with Crippen LogP contribution in [0.3, 0.4) is 0 Å². The first-order chi connectivity index (χ1) is 24.3. The lowest BCUT2D eigenvalue weighted by Gasteiger charge is -2.16. The minimum atomic E-state index is 1.10. The van der Waals surface area contributed by atoms with Gasteiger partial charge in [-0.25, -0.2) is 0 Å². The van der Waals surface area contributed by atoms with Crippen molar-refractivity contribution in [2.45, 2.75) is 0 Å². The first-order valence-electron chi connectivity index (χ1n) is 16.7. The molecule has 0 fully saturated rings. The van der Waals surface area contributed by atoms with Gasteiger partial charge in [-0.3, -0.25) is 4.98 Å². The van der Waals surface area contributed by atoms with E-state index in [1.807, 2.05) is 18.5 Å². The first kappa shape index (κ1) is 28.7. The molecule has 0 unspecified atom stereocenters. The average molecular weight is 625 g/mol. The van der Waals surface area contributed by atoms with Gasteiger partial charge in [-0.2, -0.15) is 0 Å². The molecular formula is C47H32N2. The Kier molecular flexibility index (Phi) is 7.18. The number of rotatable bonds is 6. The second-order valence-corrected chi connectivity index (χ2v) is 12.4. The minimum Gasteiger partial charge on any atom is -0.308 e. The van der Waals surface area contributed by atoms with Gasteiger partial charge in [0.1, 0.15) is 0 Å². The molecule has 2 heterocycles. The van der Waals surface area contributed by atoms with Crippen LogP contribution < -0.4 is 0 Å². The number of pyridine rings is 1. The number of benzene rings is 7. The molecule has 9 rings (SSSR count). The highest BCUT2D eigenvalue weighted by atomic mass is 15.0. The fraction of sp³-hybridized carbons (Fsp3) is 0. The summed E-state index contributed by atoms with van der Waals surface area (Å²) >= 11 is 0. The van der Waals surface area contributed by atoms with E-state index in [-0.39, 0.29) is 0 Å². The number of aromatic nitrogens is 2. The molecule has 0 atom stereocenters. The molecule has 2 heteroatoms. The van der Waals surface area contributed by atoms with Gasteiger partial charge in [0, 0.05) is 40.0 Å². The van der Waals surface area contributed by atoms with Crippen molar-refractivity contribution in [2.75, 3.05) is 0 Å². The average Bonchev–Trinajstić information content (AvgIpc) is 3.53. The summed E-state index contributed by atoms with van der Waals surface area (Å²) in [7, 11) is 0. The Morgan fingerprint density at radius 1 is 0.327 bits per heavy atom. The van der Waals surface area contributed by atoms with E-state index in [9.17, 15) is 0 Å². The molecule has 0 aliphatic heterocycles. The van der Waals surface area contributed by atoms with Crippen LogP contribution in [0.1, 0.15) is 0 Å². The molecule has 0 saturated heterocycles. The third kappa shape index (κ3) is 5.21. The third-order valence-electron chi connectivity index (χ3n) is 9.46. The summed E-state index contributed by atoms with van der Waals surface area (Å²) in [5.41, 5.74) is 15.3. The summed E-state index contributed by atoms with van der Waals surface area (Å²) in [5.74, 6) is 0. The highest BCUT2D eigenvalue weighted by molar-refractivity contribution is 6.19. The molecular weight excluding hydrogens is 593 g/mol. The van der Waals surface area contributed by atoms with Gasteiger partial charge in [0.25, 0.3) is 0 Å². The standard InChI is InChI=1S/C47H32N2/c1-5-14-33(15-6-1)39-28-42(36-18-9-3-10-19-36)46-44(30-39)45-31-40(34-16-7-2-8-17-34)29-43(37-20-11-4-12-21-37)47(45)49(46)41-25-23-35(24-26-41)38-22-13-27-48-32-38/h1-32H. The lowest BCUT2D eigenvalue weighted by molar-refractivity contribution is 1.18. The van der Waals surface area contributed by atoms with Crippen LogP contribution in [0.5, 0.6) is 0 Å². The SMILES string of the molecule is c1ccc(-c2cc(-c3ccccc3)c3c(c2)c2cc(-c4ccccc4)cc(-c4ccccc4)c2n3-c2ccc(-c3cccnc3)cc2)cc1. The summed E-state index contributed by atoms with van der Waals surface area (Å²) in [4.78, 5) is 4.37. The normalized spacial score (nSPS) is 11.3. The smallest absolute Gasteiger partial charge is 0.0620 e. The molecule has 49 heavy (non-hydrogen) atoms. The highest BCUT2D eigenvalue weighted by Gasteiger charge is 2.22. The predicted octanol–water partition coefficient (Wildman–Crippen LogP) is 12.5. The van der Waals surface area contributed by atoms with E-state index >= 15 is 0 Å². The van der Waals surface area contributed by atoms with Gasteiger partial charge in [0.15, 0.2) is 0 Å². The fourth-order valence-corrected chi connectivity index (χ4v) is 7.14. The molecule has 0 radical (unpaired) electrons. The van der Waals surface area contributed by atoms with Crippen molar-refractivity contribution in [1.82, 2.24) is 9.55 Å². The van der Waals surface area contributed by atoms with Crippen molar-refractivity contribution < 1.29 is 0 Å². The number of nitrogens with zero attached hydrogens (tertiary/aromatic N) is 2. The van der Waals surface area contributed by atoms with Crippen LogP contribution in [-0.2, 0) is 0 Å². The lowest BCUT2D eigenvalue weighted by Crippen LogP contribution is -1.98. The van der Waals surface area contributed by atoms with Crippen molar-refractivity contribution in [3.05, 3.63) is 194 Å². The zero-order chi connectivity index (χ0) is 32.6. The molecule has 0 N–H and O–H groups in total. The van der Waals surface area contributed by atoms with Crippen LogP contribution in [0.4, 0.5) is 0 Å². The van der Waals surface area contributed by atoms with Gasteiger partial charge >= 0.3 is 0 Å². The van der Waals surface area contributed by atoms with E-state index in [1.54, 1.807) is 0 Å². The second-order valence-electron chi connectivity index (χ2n) is 12.4. The molecule has 9 aromatic rings. The van der Waals surface area contributed by atoms with Gasteiger partial charge < -0.3 is 4.57 Å². The molecule has 0 amide bonds. The quantitative estimate of drug-likeness (QED) is 0.180. The lowest BCUT2D eigenvalue weighted by atomic mass is 9.93. The largest absolute Gasteiger partial charge is 0.308 e. The molecule has 2 aromatic heterocycles. The Hall–Kier alpha value is -6.51. The summed E-state index contributed by atoms with van der Waals surface area (Å²) in [6.07, 6.45) is 3.74. The maximum Gasteiger partial charge on any atom is 0.0620 e. The summed E-state index contributed by atoms with van der Waals surface area (Å²) in [6, 6.07) is 65.6. The maximum absolute atomic E-state index is 4.37. The van der Waals surface area contributed by atoms with E-state index in [1.165, 1.54) is 66.3 Å². The van der Waals surface area contributed by atoms with E-state index in [0.717, 1.165) is 16.8 Å². The molecule has 230 valence electrons. The van der Waals surface area contributed by atoms with Crippen molar-refractivity contribution >= 4 is 21.8 Å². The maximum atomic E-state index is 4.37. The molecule has 2 nitrogen and oxygen atoms in total. The zero-order valence-electron chi connectivity index (χ0n) is 26.9. The van der Waals surface area contributed by atoms with E-state index in [0.29, 0.717) is 0 Å². The van der Waals surface area contributed by atoms with Gasteiger partial charge in [0.05, 0.1) is 11.0 Å². The van der Waals surface area contributed by atoms with Gasteiger partial charge in [-0.1, -0.05) is 140 Å². The van der Waals surface area contributed by atoms with Gasteiger partial charge in [-0.05, 0) is 87.0 Å². The Morgan fingerprint density at radius 3 is 1.16 bits per heavy atom. The van der Waals surface area contributed by atoms with Crippen molar-refractivity contribution in [1.29, 1.82) is 0 Å². The van der Waals surface area contributed by atoms with Crippen LogP contribution in [0.2, 0.25) is 0 Å². The van der Waals surface area contributed by atoms with E-state index in [2.05, 4.69) is 185 Å². The fourth-order valence-electron chi connectivity index (χ4n) is 7.14. The zero-order valence-corrected chi connectivity index (χ0v) is 26.9. The Balaban J connectivity index is 1.45. The molecule has 0 saturated carbocycles. The van der Waals surface area contributed by atoms with Gasteiger partial charge in [-0.15, -0.1) is 0 Å². The van der Waals surface area contributed by atoms with Crippen LogP contribution in [0.15, 0.2) is 194 Å². The predicted molar refractivity (Wildman–Crippen MR) is 206 cm³/mol. The summed E-state index contributed by atoms with van der Waals surface area (Å²) in [5, 5.41) is 2.45. The summed E-state index contributed by atoms with van der Waals surface area (Å²) in [6.45, 7) is 0.